The molecule has 1 fully saturated rings. The molecule has 1 saturated heterocycles. The van der Waals surface area contributed by atoms with Gasteiger partial charge in [0, 0.05) is 31.9 Å². The van der Waals surface area contributed by atoms with E-state index >= 15 is 0 Å². The van der Waals surface area contributed by atoms with Crippen molar-refractivity contribution < 1.29 is 23.1 Å². The van der Waals surface area contributed by atoms with Crippen LogP contribution in [-0.4, -0.2) is 68.2 Å². The Hall–Kier alpha value is -2.13. The first-order chi connectivity index (χ1) is 11.3. The maximum Gasteiger partial charge on any atom is 0.322 e. The van der Waals surface area contributed by atoms with Crippen molar-refractivity contribution in [3.63, 3.8) is 0 Å². The van der Waals surface area contributed by atoms with Crippen LogP contribution in [0, 0.1) is 6.92 Å². The van der Waals surface area contributed by atoms with Crippen LogP contribution in [0.25, 0.3) is 0 Å². The largest absolute Gasteiger partial charge is 0.480 e. The number of carboxylic acid groups (broad SMARTS) is 1. The summed E-state index contributed by atoms with van der Waals surface area (Å²) in [5.74, 6) is -2.75. The lowest BCUT2D eigenvalue weighted by Gasteiger charge is -2.35. The predicted octanol–water partition coefficient (Wildman–Crippen LogP) is -0.352. The lowest BCUT2D eigenvalue weighted by Crippen LogP contribution is -2.50. The summed E-state index contributed by atoms with van der Waals surface area (Å²) >= 11 is 0. The van der Waals surface area contributed by atoms with Gasteiger partial charge in [-0.1, -0.05) is 12.1 Å². The summed E-state index contributed by atoms with van der Waals surface area (Å²) in [6, 6.07) is 7.99. The molecule has 0 bridgehead atoms. The standard InChI is InChI=1S/C15H21N3O5S/c1-12-3-2-4-13(9-12)17-5-7-18(8-6-17)24(22,23)11-14(19)16-10-15(20)21/h2-4,9H,5-8,10-11H2,1H3,(H,16,19)(H,20,21). The maximum absolute atomic E-state index is 12.2. The molecule has 1 heterocycles. The SMILES string of the molecule is Cc1cccc(N2CCN(S(=O)(=O)CC(=O)NCC(=O)O)CC2)c1. The van der Waals surface area contributed by atoms with Crippen LogP contribution in [0.1, 0.15) is 5.56 Å². The third kappa shape index (κ3) is 4.93. The van der Waals surface area contributed by atoms with E-state index in [2.05, 4.69) is 10.2 Å². The minimum Gasteiger partial charge on any atom is -0.480 e. The summed E-state index contributed by atoms with van der Waals surface area (Å²) in [5, 5.41) is 10.5. The van der Waals surface area contributed by atoms with Crippen LogP contribution in [0.3, 0.4) is 0 Å². The number of aliphatic carboxylic acids is 1. The fourth-order valence-corrected chi connectivity index (χ4v) is 3.87. The summed E-state index contributed by atoms with van der Waals surface area (Å²) in [6.45, 7) is 3.08. The summed E-state index contributed by atoms with van der Waals surface area (Å²) in [4.78, 5) is 24.0. The Morgan fingerprint density at radius 3 is 2.46 bits per heavy atom. The molecule has 1 aliphatic rings. The Bertz CT molecular complexity index is 712. The molecule has 0 unspecified atom stereocenters. The topological polar surface area (TPSA) is 107 Å². The van der Waals surface area contributed by atoms with Gasteiger partial charge in [0.1, 0.15) is 12.3 Å². The van der Waals surface area contributed by atoms with Crippen LogP contribution >= 0.6 is 0 Å². The Labute approximate surface area is 141 Å². The van der Waals surface area contributed by atoms with Gasteiger partial charge in [0.2, 0.25) is 15.9 Å². The van der Waals surface area contributed by atoms with Gasteiger partial charge in [-0.05, 0) is 24.6 Å². The van der Waals surface area contributed by atoms with Crippen LogP contribution in [0.2, 0.25) is 0 Å². The molecule has 0 aliphatic carbocycles. The zero-order valence-corrected chi connectivity index (χ0v) is 14.3. The fraction of sp³-hybridized carbons (Fsp3) is 0.467. The second-order valence-corrected chi connectivity index (χ2v) is 7.62. The molecule has 0 saturated carbocycles. The summed E-state index contributed by atoms with van der Waals surface area (Å²) < 4.78 is 25.8. The number of carbonyl (C=O) groups is 2. The number of hydrogen-bond acceptors (Lipinski definition) is 5. The number of nitrogens with one attached hydrogen (secondary N) is 1. The number of carbonyl (C=O) groups excluding carboxylic acids is 1. The van der Waals surface area contributed by atoms with Crippen molar-refractivity contribution in [1.29, 1.82) is 0 Å². The van der Waals surface area contributed by atoms with E-state index in [1.54, 1.807) is 0 Å². The molecule has 2 N–H and O–H groups in total. The highest BCUT2D eigenvalue weighted by Gasteiger charge is 2.29. The van der Waals surface area contributed by atoms with E-state index in [-0.39, 0.29) is 0 Å². The molecule has 1 aliphatic heterocycles. The number of sulfonamides is 1. The number of nitrogens with zero attached hydrogens (tertiary/aromatic N) is 2. The Balaban J connectivity index is 1.90. The molecule has 2 rings (SSSR count). The third-order valence-corrected chi connectivity index (χ3v) is 5.53. The quantitative estimate of drug-likeness (QED) is 0.722. The lowest BCUT2D eigenvalue weighted by molar-refractivity contribution is -0.137. The van der Waals surface area contributed by atoms with Gasteiger partial charge >= 0.3 is 5.97 Å². The van der Waals surface area contributed by atoms with Crippen molar-refractivity contribution in [2.75, 3.05) is 43.4 Å². The van der Waals surface area contributed by atoms with E-state index in [1.807, 2.05) is 31.2 Å². The molecule has 132 valence electrons. The van der Waals surface area contributed by atoms with Gasteiger partial charge in [0.25, 0.3) is 0 Å². The number of hydrogen-bond donors (Lipinski definition) is 2. The number of rotatable bonds is 6. The first kappa shape index (κ1) is 18.2. The van der Waals surface area contributed by atoms with Crippen molar-refractivity contribution in [3.8, 4) is 0 Å². The smallest absolute Gasteiger partial charge is 0.322 e. The number of aryl methyl sites for hydroxylation is 1. The first-order valence-corrected chi connectivity index (χ1v) is 9.17. The van der Waals surface area contributed by atoms with E-state index in [9.17, 15) is 18.0 Å². The number of carboxylic acids is 1. The molecule has 1 aromatic carbocycles. The van der Waals surface area contributed by atoms with Crippen molar-refractivity contribution >= 4 is 27.6 Å². The molecule has 8 nitrogen and oxygen atoms in total. The van der Waals surface area contributed by atoms with E-state index in [1.165, 1.54) is 4.31 Å². The summed E-state index contributed by atoms with van der Waals surface area (Å²) in [7, 11) is -3.74. The average molecular weight is 355 g/mol. The van der Waals surface area contributed by atoms with E-state index in [0.717, 1.165) is 11.3 Å². The summed E-state index contributed by atoms with van der Waals surface area (Å²) in [5.41, 5.74) is 2.18. The van der Waals surface area contributed by atoms with Crippen molar-refractivity contribution in [2.24, 2.45) is 0 Å². The van der Waals surface area contributed by atoms with Crippen LogP contribution < -0.4 is 10.2 Å². The van der Waals surface area contributed by atoms with Gasteiger partial charge in [-0.15, -0.1) is 0 Å². The molecule has 0 atom stereocenters. The van der Waals surface area contributed by atoms with Crippen molar-refractivity contribution in [2.45, 2.75) is 6.92 Å². The molecule has 24 heavy (non-hydrogen) atoms. The van der Waals surface area contributed by atoms with Gasteiger partial charge in [0.15, 0.2) is 0 Å². The molecule has 1 aromatic rings. The highest BCUT2D eigenvalue weighted by molar-refractivity contribution is 7.89. The van der Waals surface area contributed by atoms with E-state index < -0.39 is 34.2 Å². The minimum absolute atomic E-state index is 0.294. The Morgan fingerprint density at radius 1 is 1.21 bits per heavy atom. The fourth-order valence-electron chi connectivity index (χ4n) is 2.53. The maximum atomic E-state index is 12.2. The first-order valence-electron chi connectivity index (χ1n) is 7.56. The van der Waals surface area contributed by atoms with Crippen molar-refractivity contribution in [1.82, 2.24) is 9.62 Å². The summed E-state index contributed by atoms with van der Waals surface area (Å²) in [6.07, 6.45) is 0. The number of amides is 1. The van der Waals surface area contributed by atoms with Gasteiger partial charge in [-0.2, -0.15) is 4.31 Å². The molecular formula is C15H21N3O5S. The molecule has 9 heteroatoms. The normalized spacial score (nSPS) is 16.0. The highest BCUT2D eigenvalue weighted by atomic mass is 32.2. The van der Waals surface area contributed by atoms with E-state index in [4.69, 9.17) is 5.11 Å². The number of piperazine rings is 1. The zero-order chi connectivity index (χ0) is 17.7. The number of benzene rings is 1. The third-order valence-electron chi connectivity index (χ3n) is 3.75. The molecule has 0 aromatic heterocycles. The van der Waals surface area contributed by atoms with E-state index in [0.29, 0.717) is 26.2 Å². The molecule has 0 spiro atoms. The van der Waals surface area contributed by atoms with Crippen molar-refractivity contribution in [3.05, 3.63) is 29.8 Å². The average Bonchev–Trinajstić information content (AvgIpc) is 2.53. The van der Waals surface area contributed by atoms with Crippen LogP contribution in [0.15, 0.2) is 24.3 Å². The molecular weight excluding hydrogens is 334 g/mol. The molecule has 1 amide bonds. The highest BCUT2D eigenvalue weighted by Crippen LogP contribution is 2.18. The van der Waals surface area contributed by atoms with Crippen LogP contribution in [0.5, 0.6) is 0 Å². The second-order valence-electron chi connectivity index (χ2n) is 5.65. The molecule has 0 radical (unpaired) electrons. The van der Waals surface area contributed by atoms with Crippen LogP contribution in [-0.2, 0) is 19.6 Å². The van der Waals surface area contributed by atoms with Crippen LogP contribution in [0.4, 0.5) is 5.69 Å². The second kappa shape index (κ2) is 7.63. The van der Waals surface area contributed by atoms with Gasteiger partial charge in [-0.25, -0.2) is 8.42 Å². The van der Waals surface area contributed by atoms with Gasteiger partial charge in [-0.3, -0.25) is 9.59 Å². The Morgan fingerprint density at radius 2 is 1.88 bits per heavy atom. The Kier molecular flexibility index (Phi) is 5.79. The minimum atomic E-state index is -3.74. The zero-order valence-electron chi connectivity index (χ0n) is 13.4. The monoisotopic (exact) mass is 355 g/mol. The van der Waals surface area contributed by atoms with Gasteiger partial charge < -0.3 is 15.3 Å². The lowest BCUT2D eigenvalue weighted by atomic mass is 10.2. The van der Waals surface area contributed by atoms with Gasteiger partial charge in [0.05, 0.1) is 0 Å². The number of anilines is 1. The predicted molar refractivity (Wildman–Crippen MR) is 89.4 cm³/mol.